The Bertz CT molecular complexity index is 509. The molecule has 0 aromatic heterocycles. The summed E-state index contributed by atoms with van der Waals surface area (Å²) < 4.78 is 0. The fraction of sp³-hybridized carbons (Fsp3) is 0.571. The molecule has 0 bridgehead atoms. The van der Waals surface area contributed by atoms with Crippen molar-refractivity contribution in [1.82, 2.24) is 10.2 Å². The van der Waals surface area contributed by atoms with Gasteiger partial charge in [0.25, 0.3) is 5.69 Å². The van der Waals surface area contributed by atoms with Crippen molar-refractivity contribution in [3.05, 3.63) is 38.9 Å². The summed E-state index contributed by atoms with van der Waals surface area (Å²) >= 11 is 6.16. The van der Waals surface area contributed by atoms with Crippen LogP contribution >= 0.6 is 11.6 Å². The van der Waals surface area contributed by atoms with Crippen molar-refractivity contribution < 1.29 is 4.92 Å². The van der Waals surface area contributed by atoms with Crippen LogP contribution in [-0.2, 0) is 6.54 Å². The molecule has 0 radical (unpaired) electrons. The second-order valence-electron chi connectivity index (χ2n) is 5.65. The van der Waals surface area contributed by atoms with Gasteiger partial charge in [-0.05, 0) is 31.4 Å². The summed E-state index contributed by atoms with van der Waals surface area (Å²) in [7, 11) is 0. The van der Waals surface area contributed by atoms with E-state index in [0.717, 1.165) is 19.6 Å². The molecule has 2 unspecified atom stereocenters. The smallest absolute Gasteiger partial charge is 0.275 e. The molecule has 2 fully saturated rings. The molecule has 5 nitrogen and oxygen atoms in total. The third kappa shape index (κ3) is 2.66. The van der Waals surface area contributed by atoms with Crippen LogP contribution in [0.4, 0.5) is 5.69 Å². The van der Waals surface area contributed by atoms with Crippen LogP contribution in [0.2, 0.25) is 5.02 Å². The van der Waals surface area contributed by atoms with E-state index in [1.54, 1.807) is 12.1 Å². The zero-order valence-electron chi connectivity index (χ0n) is 11.2. The van der Waals surface area contributed by atoms with E-state index in [1.807, 2.05) is 0 Å². The topological polar surface area (TPSA) is 58.4 Å². The third-order valence-electron chi connectivity index (χ3n) is 4.35. The van der Waals surface area contributed by atoms with E-state index in [2.05, 4.69) is 10.2 Å². The summed E-state index contributed by atoms with van der Waals surface area (Å²) in [5.41, 5.74) is 0.762. The van der Waals surface area contributed by atoms with Gasteiger partial charge in [-0.15, -0.1) is 0 Å². The lowest BCUT2D eigenvalue weighted by molar-refractivity contribution is -0.385. The minimum atomic E-state index is -0.345. The van der Waals surface area contributed by atoms with Crippen LogP contribution in [-0.4, -0.2) is 35.5 Å². The van der Waals surface area contributed by atoms with E-state index in [0.29, 0.717) is 29.1 Å². The van der Waals surface area contributed by atoms with Gasteiger partial charge in [0.15, 0.2) is 0 Å². The number of piperidine rings is 1. The number of nitrogens with one attached hydrogen (secondary N) is 1. The Morgan fingerprint density at radius 1 is 1.45 bits per heavy atom. The molecule has 2 heterocycles. The Morgan fingerprint density at radius 3 is 3.05 bits per heavy atom. The quantitative estimate of drug-likeness (QED) is 0.687. The molecular weight excluding hydrogens is 278 g/mol. The summed E-state index contributed by atoms with van der Waals surface area (Å²) in [6.07, 6.45) is 2.47. The molecule has 1 aromatic carbocycles. The van der Waals surface area contributed by atoms with Crippen molar-refractivity contribution in [1.29, 1.82) is 0 Å². The van der Waals surface area contributed by atoms with Crippen LogP contribution in [0.15, 0.2) is 18.2 Å². The van der Waals surface area contributed by atoms with Gasteiger partial charge < -0.3 is 5.32 Å². The van der Waals surface area contributed by atoms with Crippen molar-refractivity contribution in [2.75, 3.05) is 19.6 Å². The first-order valence-corrected chi connectivity index (χ1v) is 7.40. The fourth-order valence-electron chi connectivity index (χ4n) is 3.36. The van der Waals surface area contributed by atoms with Crippen molar-refractivity contribution in [3.63, 3.8) is 0 Å². The van der Waals surface area contributed by atoms with Crippen LogP contribution in [0, 0.1) is 16.0 Å². The van der Waals surface area contributed by atoms with E-state index in [9.17, 15) is 10.1 Å². The maximum absolute atomic E-state index is 11.1. The van der Waals surface area contributed by atoms with Crippen molar-refractivity contribution >= 4 is 17.3 Å². The summed E-state index contributed by atoms with van der Waals surface area (Å²) in [5, 5.41) is 15.1. The minimum Gasteiger partial charge on any atom is -0.312 e. The molecule has 108 valence electrons. The molecule has 6 heteroatoms. The summed E-state index contributed by atoms with van der Waals surface area (Å²) in [6, 6.07) is 5.42. The lowest BCUT2D eigenvalue weighted by atomic mass is 9.94. The number of likely N-dealkylation sites (tertiary alicyclic amines) is 1. The average molecular weight is 296 g/mol. The second-order valence-corrected chi connectivity index (χ2v) is 6.06. The Morgan fingerprint density at radius 2 is 2.30 bits per heavy atom. The van der Waals surface area contributed by atoms with Gasteiger partial charge in [0.2, 0.25) is 0 Å². The Kier molecular flexibility index (Phi) is 3.92. The van der Waals surface area contributed by atoms with Crippen LogP contribution in [0.5, 0.6) is 0 Å². The van der Waals surface area contributed by atoms with E-state index in [1.165, 1.54) is 18.9 Å². The first-order chi connectivity index (χ1) is 9.65. The standard InChI is InChI=1S/C14H18ClN3O2/c15-12-4-1-5-14(18(19)20)11(12)8-17-7-10-3-2-6-16-13(10)9-17/h1,4-5,10,13,16H,2-3,6-9H2. The van der Waals surface area contributed by atoms with Gasteiger partial charge in [0, 0.05) is 31.7 Å². The number of hydrogen-bond donors (Lipinski definition) is 1. The third-order valence-corrected chi connectivity index (χ3v) is 4.70. The largest absolute Gasteiger partial charge is 0.312 e. The normalized spacial score (nSPS) is 26.4. The number of nitrogens with zero attached hydrogens (tertiary/aromatic N) is 2. The highest BCUT2D eigenvalue weighted by Gasteiger charge is 2.35. The van der Waals surface area contributed by atoms with Gasteiger partial charge >= 0.3 is 0 Å². The number of nitro benzene ring substituents is 1. The number of halogens is 1. The number of fused-ring (bicyclic) bond motifs is 1. The molecule has 2 aliphatic rings. The zero-order chi connectivity index (χ0) is 14.1. The Labute approximate surface area is 123 Å². The number of nitro groups is 1. The lowest BCUT2D eigenvalue weighted by Gasteiger charge is -2.24. The molecule has 0 spiro atoms. The lowest BCUT2D eigenvalue weighted by Crippen LogP contribution is -2.40. The summed E-state index contributed by atoms with van der Waals surface area (Å²) in [5.74, 6) is 0.672. The van der Waals surface area contributed by atoms with Crippen LogP contribution in [0.1, 0.15) is 18.4 Å². The van der Waals surface area contributed by atoms with Crippen LogP contribution in [0.25, 0.3) is 0 Å². The summed E-state index contributed by atoms with van der Waals surface area (Å²) in [4.78, 5) is 13.0. The molecule has 20 heavy (non-hydrogen) atoms. The number of hydrogen-bond acceptors (Lipinski definition) is 4. The molecule has 3 rings (SSSR count). The molecule has 0 amide bonds. The second kappa shape index (κ2) is 5.68. The maximum atomic E-state index is 11.1. The van der Waals surface area contributed by atoms with Gasteiger partial charge in [-0.3, -0.25) is 15.0 Å². The van der Waals surface area contributed by atoms with Gasteiger partial charge in [0.05, 0.1) is 15.5 Å². The molecule has 2 saturated heterocycles. The Hall–Kier alpha value is -1.17. The number of rotatable bonds is 3. The van der Waals surface area contributed by atoms with Crippen LogP contribution in [0.3, 0.4) is 0 Å². The minimum absolute atomic E-state index is 0.125. The van der Waals surface area contributed by atoms with E-state index < -0.39 is 0 Å². The molecule has 1 N–H and O–H groups in total. The monoisotopic (exact) mass is 295 g/mol. The summed E-state index contributed by atoms with van der Waals surface area (Å²) in [6.45, 7) is 3.60. The van der Waals surface area contributed by atoms with Gasteiger partial charge in [-0.1, -0.05) is 17.7 Å². The van der Waals surface area contributed by atoms with E-state index in [4.69, 9.17) is 11.6 Å². The maximum Gasteiger partial charge on any atom is 0.275 e. The highest BCUT2D eigenvalue weighted by Crippen LogP contribution is 2.31. The molecular formula is C14H18ClN3O2. The molecule has 2 atom stereocenters. The first kappa shape index (κ1) is 13.8. The molecule has 1 aromatic rings. The average Bonchev–Trinajstić information content (AvgIpc) is 2.83. The van der Waals surface area contributed by atoms with Gasteiger partial charge in [-0.2, -0.15) is 0 Å². The van der Waals surface area contributed by atoms with E-state index >= 15 is 0 Å². The number of benzene rings is 1. The highest BCUT2D eigenvalue weighted by atomic mass is 35.5. The predicted octanol–water partition coefficient (Wildman–Crippen LogP) is 2.43. The van der Waals surface area contributed by atoms with Crippen LogP contribution < -0.4 is 5.32 Å². The molecule has 0 aliphatic carbocycles. The fourth-order valence-corrected chi connectivity index (χ4v) is 3.59. The molecule has 2 aliphatic heterocycles. The SMILES string of the molecule is O=[N+]([O-])c1cccc(Cl)c1CN1CC2CCCNC2C1. The molecule has 0 saturated carbocycles. The van der Waals surface area contributed by atoms with Crippen molar-refractivity contribution in [2.24, 2.45) is 5.92 Å². The van der Waals surface area contributed by atoms with Gasteiger partial charge in [0.1, 0.15) is 0 Å². The van der Waals surface area contributed by atoms with Crippen molar-refractivity contribution in [2.45, 2.75) is 25.4 Å². The highest BCUT2D eigenvalue weighted by molar-refractivity contribution is 6.31. The van der Waals surface area contributed by atoms with Crippen molar-refractivity contribution in [3.8, 4) is 0 Å². The Balaban J connectivity index is 1.77. The first-order valence-electron chi connectivity index (χ1n) is 7.02. The predicted molar refractivity (Wildman–Crippen MR) is 77.9 cm³/mol. The van der Waals surface area contributed by atoms with Gasteiger partial charge in [-0.25, -0.2) is 0 Å². The zero-order valence-corrected chi connectivity index (χ0v) is 12.0. The van der Waals surface area contributed by atoms with E-state index in [-0.39, 0.29) is 10.6 Å².